The van der Waals surface area contributed by atoms with Crippen LogP contribution in [0.5, 0.6) is 0 Å². The smallest absolute Gasteiger partial charge is 0.316 e. The van der Waals surface area contributed by atoms with E-state index in [0.29, 0.717) is 13.0 Å². The standard InChI is InChI=1S/C21H20N2O3/c24-20(25)21(12-14-6-5-11-26-14)13-23-18-10-4-3-9-17(18)22-19(23)15-7-1-2-8-16(15)21/h1-4,7-10,14H,5-6,11-13H2,(H,24,25). The first-order chi connectivity index (χ1) is 12.7. The molecule has 2 unspecified atom stereocenters. The van der Waals surface area contributed by atoms with E-state index in [4.69, 9.17) is 9.72 Å². The summed E-state index contributed by atoms with van der Waals surface area (Å²) in [5, 5.41) is 10.3. The van der Waals surface area contributed by atoms with Crippen molar-refractivity contribution in [2.24, 2.45) is 0 Å². The molecule has 0 saturated carbocycles. The van der Waals surface area contributed by atoms with Crippen molar-refractivity contribution < 1.29 is 14.6 Å². The lowest BCUT2D eigenvalue weighted by Crippen LogP contribution is -2.45. The van der Waals surface area contributed by atoms with Crippen molar-refractivity contribution in [3.63, 3.8) is 0 Å². The van der Waals surface area contributed by atoms with Crippen LogP contribution in [0.1, 0.15) is 24.8 Å². The number of ether oxygens (including phenoxy) is 1. The van der Waals surface area contributed by atoms with Crippen LogP contribution < -0.4 is 0 Å². The molecule has 5 heteroatoms. The Balaban J connectivity index is 1.75. The zero-order valence-electron chi connectivity index (χ0n) is 14.4. The summed E-state index contributed by atoms with van der Waals surface area (Å²) in [6, 6.07) is 15.7. The third-order valence-corrected chi connectivity index (χ3v) is 5.78. The molecule has 2 aliphatic rings. The summed E-state index contributed by atoms with van der Waals surface area (Å²) in [6.07, 6.45) is 2.41. The number of para-hydroxylation sites is 2. The molecule has 1 aromatic heterocycles. The van der Waals surface area contributed by atoms with E-state index in [1.165, 1.54) is 0 Å². The summed E-state index contributed by atoms with van der Waals surface area (Å²) in [5.74, 6) is 0.0647. The molecule has 1 N–H and O–H groups in total. The van der Waals surface area contributed by atoms with Gasteiger partial charge in [-0.25, -0.2) is 4.98 Å². The van der Waals surface area contributed by atoms with Crippen LogP contribution in [0.25, 0.3) is 22.4 Å². The number of rotatable bonds is 3. The van der Waals surface area contributed by atoms with Crippen molar-refractivity contribution in [1.29, 1.82) is 0 Å². The van der Waals surface area contributed by atoms with Gasteiger partial charge < -0.3 is 14.4 Å². The van der Waals surface area contributed by atoms with Gasteiger partial charge in [0, 0.05) is 18.7 Å². The third kappa shape index (κ3) is 2.13. The molecule has 2 aliphatic heterocycles. The molecular weight excluding hydrogens is 328 g/mol. The number of hydrogen-bond donors (Lipinski definition) is 1. The maximum atomic E-state index is 12.6. The highest BCUT2D eigenvalue weighted by Crippen LogP contribution is 2.45. The number of imidazole rings is 1. The molecule has 0 amide bonds. The Labute approximate surface area is 151 Å². The van der Waals surface area contributed by atoms with Crippen LogP contribution in [0, 0.1) is 0 Å². The van der Waals surface area contributed by atoms with Crippen LogP contribution in [-0.4, -0.2) is 33.3 Å². The predicted octanol–water partition coefficient (Wildman–Crippen LogP) is 3.61. The van der Waals surface area contributed by atoms with Crippen LogP contribution in [-0.2, 0) is 21.5 Å². The number of aliphatic carboxylic acids is 1. The fourth-order valence-corrected chi connectivity index (χ4v) is 4.53. The second kappa shape index (κ2) is 5.68. The van der Waals surface area contributed by atoms with Crippen molar-refractivity contribution >= 4 is 17.0 Å². The van der Waals surface area contributed by atoms with Gasteiger partial charge in [0.1, 0.15) is 11.2 Å². The summed E-state index contributed by atoms with van der Waals surface area (Å²) >= 11 is 0. The zero-order valence-corrected chi connectivity index (χ0v) is 14.4. The van der Waals surface area contributed by atoms with Crippen LogP contribution in [0.4, 0.5) is 0 Å². The van der Waals surface area contributed by atoms with Gasteiger partial charge in [-0.3, -0.25) is 4.79 Å². The maximum Gasteiger partial charge on any atom is 0.316 e. The van der Waals surface area contributed by atoms with Crippen molar-refractivity contribution in [2.45, 2.75) is 37.3 Å². The number of aromatic nitrogens is 2. The fourth-order valence-electron chi connectivity index (χ4n) is 4.53. The van der Waals surface area contributed by atoms with E-state index in [2.05, 4.69) is 4.57 Å². The Kier molecular flexibility index (Phi) is 3.40. The van der Waals surface area contributed by atoms with Crippen LogP contribution >= 0.6 is 0 Å². The van der Waals surface area contributed by atoms with Crippen molar-refractivity contribution in [1.82, 2.24) is 9.55 Å². The minimum atomic E-state index is -0.998. The molecule has 1 saturated heterocycles. The molecule has 0 aliphatic carbocycles. The molecule has 0 radical (unpaired) electrons. The number of carboxylic acids is 1. The third-order valence-electron chi connectivity index (χ3n) is 5.78. The molecule has 26 heavy (non-hydrogen) atoms. The number of benzene rings is 2. The summed E-state index contributed by atoms with van der Waals surface area (Å²) in [4.78, 5) is 17.4. The topological polar surface area (TPSA) is 64.3 Å². The maximum absolute atomic E-state index is 12.6. The highest BCUT2D eigenvalue weighted by Gasteiger charge is 2.48. The molecule has 132 valence electrons. The van der Waals surface area contributed by atoms with Crippen molar-refractivity contribution in [3.8, 4) is 11.4 Å². The van der Waals surface area contributed by atoms with Gasteiger partial charge in [-0.05, 0) is 37.0 Å². The van der Waals surface area contributed by atoms with Crippen LogP contribution in [0.15, 0.2) is 48.5 Å². The molecule has 1 fully saturated rings. The molecule has 2 atom stereocenters. The van der Waals surface area contributed by atoms with E-state index in [0.717, 1.165) is 47.4 Å². The van der Waals surface area contributed by atoms with Gasteiger partial charge in [-0.15, -0.1) is 0 Å². The summed E-state index contributed by atoms with van der Waals surface area (Å²) in [5.41, 5.74) is 2.65. The second-order valence-corrected chi connectivity index (χ2v) is 7.28. The molecular formula is C21H20N2O3. The van der Waals surface area contributed by atoms with Gasteiger partial charge in [0.05, 0.1) is 17.1 Å². The number of fused-ring (bicyclic) bond motifs is 5. The minimum Gasteiger partial charge on any atom is -0.481 e. The Morgan fingerprint density at radius 3 is 2.85 bits per heavy atom. The number of carbonyl (C=O) groups is 1. The molecule has 0 bridgehead atoms. The van der Waals surface area contributed by atoms with Gasteiger partial charge in [0.2, 0.25) is 0 Å². The summed E-state index contributed by atoms with van der Waals surface area (Å²) in [6.45, 7) is 1.11. The average Bonchev–Trinajstić information content (AvgIpc) is 3.29. The molecule has 2 aromatic carbocycles. The largest absolute Gasteiger partial charge is 0.481 e. The average molecular weight is 348 g/mol. The highest BCUT2D eigenvalue weighted by atomic mass is 16.5. The summed E-state index contributed by atoms with van der Waals surface area (Å²) < 4.78 is 7.88. The molecule has 5 nitrogen and oxygen atoms in total. The number of nitrogens with zero attached hydrogens (tertiary/aromatic N) is 2. The minimum absolute atomic E-state index is 0.00417. The lowest BCUT2D eigenvalue weighted by atomic mass is 9.71. The van der Waals surface area contributed by atoms with Gasteiger partial charge in [0.25, 0.3) is 0 Å². The zero-order chi connectivity index (χ0) is 17.7. The highest BCUT2D eigenvalue weighted by molar-refractivity contribution is 5.89. The first kappa shape index (κ1) is 15.6. The normalized spacial score (nSPS) is 24.4. The van der Waals surface area contributed by atoms with Gasteiger partial charge in [-0.2, -0.15) is 0 Å². The molecule has 5 rings (SSSR count). The number of hydrogen-bond acceptors (Lipinski definition) is 3. The Bertz CT molecular complexity index is 1000. The predicted molar refractivity (Wildman–Crippen MR) is 98.1 cm³/mol. The van der Waals surface area contributed by atoms with Crippen molar-refractivity contribution in [2.75, 3.05) is 6.61 Å². The monoisotopic (exact) mass is 348 g/mol. The van der Waals surface area contributed by atoms with E-state index in [9.17, 15) is 9.90 Å². The number of carboxylic acid groups (broad SMARTS) is 1. The Hall–Kier alpha value is -2.66. The van der Waals surface area contributed by atoms with Gasteiger partial charge in [-0.1, -0.05) is 36.4 Å². The first-order valence-electron chi connectivity index (χ1n) is 9.09. The summed E-state index contributed by atoms with van der Waals surface area (Å²) in [7, 11) is 0. The van der Waals surface area contributed by atoms with E-state index in [1.807, 2.05) is 48.5 Å². The lowest BCUT2D eigenvalue weighted by Gasteiger charge is -2.37. The molecule has 3 heterocycles. The van der Waals surface area contributed by atoms with E-state index >= 15 is 0 Å². The van der Waals surface area contributed by atoms with Crippen LogP contribution in [0.3, 0.4) is 0 Å². The second-order valence-electron chi connectivity index (χ2n) is 7.28. The SMILES string of the molecule is O=C(O)C1(CC2CCCO2)Cn2c(nc3ccccc32)-c2ccccc21. The van der Waals surface area contributed by atoms with E-state index in [-0.39, 0.29) is 6.10 Å². The first-order valence-corrected chi connectivity index (χ1v) is 9.09. The van der Waals surface area contributed by atoms with E-state index < -0.39 is 11.4 Å². The fraction of sp³-hybridized carbons (Fsp3) is 0.333. The van der Waals surface area contributed by atoms with E-state index in [1.54, 1.807) is 0 Å². The Morgan fingerprint density at radius 1 is 1.23 bits per heavy atom. The molecule has 3 aromatic rings. The quantitative estimate of drug-likeness (QED) is 0.785. The van der Waals surface area contributed by atoms with Gasteiger partial charge in [0.15, 0.2) is 0 Å². The Morgan fingerprint density at radius 2 is 2.04 bits per heavy atom. The van der Waals surface area contributed by atoms with Crippen molar-refractivity contribution in [3.05, 3.63) is 54.1 Å². The van der Waals surface area contributed by atoms with Crippen LogP contribution in [0.2, 0.25) is 0 Å². The molecule has 0 spiro atoms. The van der Waals surface area contributed by atoms with Gasteiger partial charge >= 0.3 is 5.97 Å². The lowest BCUT2D eigenvalue weighted by molar-refractivity contribution is -0.146.